The number of thioether (sulfide) groups is 1. The van der Waals surface area contributed by atoms with Gasteiger partial charge in [0.25, 0.3) is 0 Å². The highest BCUT2D eigenvalue weighted by Crippen LogP contribution is 2.30. The molecule has 0 fully saturated rings. The van der Waals surface area contributed by atoms with E-state index in [-0.39, 0.29) is 11.7 Å². The number of rotatable bonds is 8. The lowest BCUT2D eigenvalue weighted by molar-refractivity contribution is -0.113. The largest absolute Gasteiger partial charge is 0.301 e. The third-order valence-electron chi connectivity index (χ3n) is 4.43. The zero-order valence-corrected chi connectivity index (χ0v) is 20.9. The fourth-order valence-corrected chi connectivity index (χ4v) is 4.82. The molecule has 0 radical (unpaired) electrons. The van der Waals surface area contributed by atoms with Gasteiger partial charge in [-0.05, 0) is 30.3 Å². The van der Waals surface area contributed by atoms with E-state index < -0.39 is 0 Å². The minimum Gasteiger partial charge on any atom is -0.301 e. The van der Waals surface area contributed by atoms with Gasteiger partial charge in [0.05, 0.1) is 21.5 Å². The summed E-state index contributed by atoms with van der Waals surface area (Å²) in [6.07, 6.45) is 1.74. The summed E-state index contributed by atoms with van der Waals surface area (Å²) in [6.45, 7) is 4.28. The Labute approximate surface area is 213 Å². The van der Waals surface area contributed by atoms with Crippen LogP contribution in [0.3, 0.4) is 0 Å². The van der Waals surface area contributed by atoms with Crippen LogP contribution < -0.4 is 5.32 Å². The average molecular weight is 537 g/mol. The number of thiazole rings is 1. The number of nitrogens with one attached hydrogen (secondary N) is 1. The number of hydrogen-bond acceptors (Lipinski definition) is 6. The molecule has 0 saturated heterocycles. The fourth-order valence-electron chi connectivity index (χ4n) is 2.91. The van der Waals surface area contributed by atoms with Crippen molar-refractivity contribution in [1.82, 2.24) is 19.7 Å². The molecule has 2 heterocycles. The van der Waals surface area contributed by atoms with E-state index in [0.717, 1.165) is 16.8 Å². The summed E-state index contributed by atoms with van der Waals surface area (Å²) in [5, 5.41) is 15.9. The van der Waals surface area contributed by atoms with Crippen LogP contribution in [-0.4, -0.2) is 31.4 Å². The Kier molecular flexibility index (Phi) is 7.72. The average Bonchev–Trinajstić information content (AvgIpc) is 3.42. The molecule has 4 aromatic rings. The maximum Gasteiger partial charge on any atom is 0.236 e. The predicted molar refractivity (Wildman–Crippen MR) is 138 cm³/mol. The van der Waals surface area contributed by atoms with Crippen molar-refractivity contribution in [2.45, 2.75) is 11.7 Å². The van der Waals surface area contributed by atoms with Crippen molar-refractivity contribution >= 4 is 68.9 Å². The first-order valence-corrected chi connectivity index (χ1v) is 12.6. The van der Waals surface area contributed by atoms with E-state index in [1.54, 1.807) is 30.3 Å². The first kappa shape index (κ1) is 23.8. The molecule has 33 heavy (non-hydrogen) atoms. The molecule has 0 aliphatic heterocycles. The zero-order chi connectivity index (χ0) is 23.4. The van der Waals surface area contributed by atoms with Gasteiger partial charge in [0.2, 0.25) is 5.91 Å². The Bertz CT molecular complexity index is 1300. The van der Waals surface area contributed by atoms with Gasteiger partial charge in [0, 0.05) is 28.1 Å². The molecule has 2 aromatic heterocycles. The molecule has 0 aliphatic carbocycles. The molecule has 6 nitrogen and oxygen atoms in total. The lowest BCUT2D eigenvalue weighted by atomic mass is 10.2. The number of aromatic nitrogens is 4. The number of benzene rings is 2. The van der Waals surface area contributed by atoms with Crippen molar-refractivity contribution in [3.63, 3.8) is 0 Å². The second-order valence-corrected chi connectivity index (χ2v) is 9.77. The Morgan fingerprint density at radius 1 is 1.09 bits per heavy atom. The topological polar surface area (TPSA) is 72.7 Å². The van der Waals surface area contributed by atoms with E-state index in [2.05, 4.69) is 27.1 Å². The van der Waals surface area contributed by atoms with Crippen LogP contribution in [0.4, 0.5) is 5.13 Å². The molecule has 0 bridgehead atoms. The summed E-state index contributed by atoms with van der Waals surface area (Å²) in [7, 11) is 0. The summed E-state index contributed by atoms with van der Waals surface area (Å²) in [6, 6.07) is 12.6. The summed E-state index contributed by atoms with van der Waals surface area (Å²) in [5.41, 5.74) is 2.47. The van der Waals surface area contributed by atoms with Gasteiger partial charge < -0.3 is 5.32 Å². The van der Waals surface area contributed by atoms with Crippen LogP contribution in [0.1, 0.15) is 0 Å². The number of amides is 1. The summed E-state index contributed by atoms with van der Waals surface area (Å²) in [5.74, 6) is 0.567. The van der Waals surface area contributed by atoms with E-state index in [9.17, 15) is 4.79 Å². The molecule has 11 heteroatoms. The van der Waals surface area contributed by atoms with Crippen LogP contribution in [0.5, 0.6) is 0 Å². The van der Waals surface area contributed by atoms with Crippen molar-refractivity contribution in [2.75, 3.05) is 11.1 Å². The smallest absolute Gasteiger partial charge is 0.236 e. The molecular weight excluding hydrogens is 521 g/mol. The minimum atomic E-state index is -0.193. The maximum absolute atomic E-state index is 12.5. The zero-order valence-electron chi connectivity index (χ0n) is 17.0. The van der Waals surface area contributed by atoms with E-state index >= 15 is 0 Å². The van der Waals surface area contributed by atoms with Crippen molar-refractivity contribution in [1.29, 1.82) is 0 Å². The maximum atomic E-state index is 12.5. The number of nitrogens with zero attached hydrogens (tertiary/aromatic N) is 4. The van der Waals surface area contributed by atoms with Crippen LogP contribution in [0.25, 0.3) is 22.6 Å². The Morgan fingerprint density at radius 2 is 1.85 bits per heavy atom. The molecule has 0 unspecified atom stereocenters. The van der Waals surface area contributed by atoms with Gasteiger partial charge in [-0.25, -0.2) is 4.98 Å². The molecule has 1 amide bonds. The number of allylic oxidation sites excluding steroid dienone is 1. The van der Waals surface area contributed by atoms with Gasteiger partial charge in [0.15, 0.2) is 16.1 Å². The Balaban J connectivity index is 1.43. The van der Waals surface area contributed by atoms with Crippen molar-refractivity contribution in [2.24, 2.45) is 0 Å². The molecule has 2 aromatic carbocycles. The van der Waals surface area contributed by atoms with Crippen molar-refractivity contribution in [3.8, 4) is 22.6 Å². The quantitative estimate of drug-likeness (QED) is 0.195. The van der Waals surface area contributed by atoms with Crippen LogP contribution in [0, 0.1) is 0 Å². The third-order valence-corrected chi connectivity index (χ3v) is 7.14. The summed E-state index contributed by atoms with van der Waals surface area (Å²) in [4.78, 5) is 17.0. The SMILES string of the molecule is C=CCn1c(SCC(=O)Nc2nc(-c3ccc(Cl)cc3)cs2)nnc1-c1ccc(Cl)c(Cl)c1. The first-order chi connectivity index (χ1) is 15.9. The number of anilines is 1. The van der Waals surface area contributed by atoms with Gasteiger partial charge in [-0.15, -0.1) is 28.1 Å². The van der Waals surface area contributed by atoms with Crippen LogP contribution in [0.2, 0.25) is 15.1 Å². The number of hydrogen-bond donors (Lipinski definition) is 1. The van der Waals surface area contributed by atoms with Gasteiger partial charge in [-0.1, -0.05) is 64.8 Å². The third kappa shape index (κ3) is 5.77. The van der Waals surface area contributed by atoms with Crippen LogP contribution >= 0.6 is 57.9 Å². The van der Waals surface area contributed by atoms with Gasteiger partial charge in [0.1, 0.15) is 0 Å². The van der Waals surface area contributed by atoms with Crippen molar-refractivity contribution in [3.05, 3.63) is 75.6 Å². The van der Waals surface area contributed by atoms with Gasteiger partial charge >= 0.3 is 0 Å². The normalized spacial score (nSPS) is 10.9. The van der Waals surface area contributed by atoms with E-state index in [1.165, 1.54) is 23.1 Å². The molecule has 168 valence electrons. The highest BCUT2D eigenvalue weighted by atomic mass is 35.5. The summed E-state index contributed by atoms with van der Waals surface area (Å²) < 4.78 is 1.87. The van der Waals surface area contributed by atoms with Gasteiger partial charge in [-0.3, -0.25) is 9.36 Å². The van der Waals surface area contributed by atoms with Crippen molar-refractivity contribution < 1.29 is 4.79 Å². The molecule has 0 aliphatic rings. The molecule has 0 spiro atoms. The Morgan fingerprint density at radius 3 is 2.58 bits per heavy atom. The Hall–Kier alpha value is -2.36. The van der Waals surface area contributed by atoms with Gasteiger partial charge in [-0.2, -0.15) is 0 Å². The number of halogens is 3. The van der Waals surface area contributed by atoms with E-state index in [0.29, 0.717) is 37.7 Å². The highest BCUT2D eigenvalue weighted by Gasteiger charge is 2.16. The highest BCUT2D eigenvalue weighted by molar-refractivity contribution is 7.99. The first-order valence-electron chi connectivity index (χ1n) is 9.58. The lowest BCUT2D eigenvalue weighted by Gasteiger charge is -2.08. The second-order valence-electron chi connectivity index (χ2n) is 6.72. The minimum absolute atomic E-state index is 0.145. The van der Waals surface area contributed by atoms with Crippen LogP contribution in [-0.2, 0) is 11.3 Å². The molecule has 4 rings (SSSR count). The standard InChI is InChI=1S/C22H16Cl3N5OS2/c1-2-9-30-20(14-5-8-16(24)17(25)10-14)28-29-22(30)33-12-19(31)27-21-26-18(11-32-21)13-3-6-15(23)7-4-13/h2-8,10-11H,1,9,12H2,(H,26,27,31). The lowest BCUT2D eigenvalue weighted by Crippen LogP contribution is -2.14. The number of carbonyl (C=O) groups excluding carboxylic acids is 1. The fraction of sp³-hybridized carbons (Fsp3) is 0.0909. The summed E-state index contributed by atoms with van der Waals surface area (Å²) >= 11 is 20.7. The van der Waals surface area contributed by atoms with E-state index in [4.69, 9.17) is 34.8 Å². The molecule has 0 atom stereocenters. The number of carbonyl (C=O) groups is 1. The van der Waals surface area contributed by atoms with Crippen LogP contribution in [0.15, 0.2) is 65.7 Å². The monoisotopic (exact) mass is 535 g/mol. The molecule has 1 N–H and O–H groups in total. The molecule has 0 saturated carbocycles. The van der Waals surface area contributed by atoms with E-state index in [1.807, 2.05) is 28.1 Å². The molecular formula is C22H16Cl3N5OS2. The second kappa shape index (κ2) is 10.7. The predicted octanol–water partition coefficient (Wildman–Crippen LogP) is 6.95.